The third-order valence-electron chi connectivity index (χ3n) is 4.02. The first-order valence-electron chi connectivity index (χ1n) is 8.50. The minimum atomic E-state index is -1.08. The number of carbonyl (C=O) groups is 1. The Hall–Kier alpha value is -1.24. The zero-order chi connectivity index (χ0) is 17.6. The summed E-state index contributed by atoms with van der Waals surface area (Å²) in [7, 11) is 0. The van der Waals surface area contributed by atoms with Crippen LogP contribution in [-0.2, 0) is 22.7 Å². The zero-order valence-corrected chi connectivity index (χ0v) is 15.6. The number of hydrogen-bond acceptors (Lipinski definition) is 4. The van der Waals surface area contributed by atoms with Crippen LogP contribution in [0.1, 0.15) is 45.6 Å². The maximum Gasteiger partial charge on any atom is 0.410 e. The summed E-state index contributed by atoms with van der Waals surface area (Å²) in [6.07, 6.45) is 2.34. The highest BCUT2D eigenvalue weighted by atomic mass is 32.2. The number of rotatable bonds is 4. The van der Waals surface area contributed by atoms with Gasteiger partial charge in [-0.1, -0.05) is 30.3 Å². The molecule has 1 amide bonds. The fraction of sp³-hybridized carbons (Fsp3) is 0.611. The minimum absolute atomic E-state index is 0.178. The summed E-state index contributed by atoms with van der Waals surface area (Å²) in [5.74, 6) is 0. The Morgan fingerprint density at radius 3 is 2.67 bits per heavy atom. The summed E-state index contributed by atoms with van der Waals surface area (Å²) in [5.41, 5.74) is 0.987. The molecule has 6 heteroatoms. The second-order valence-corrected chi connectivity index (χ2v) is 9.15. The van der Waals surface area contributed by atoms with Gasteiger partial charge in [-0.25, -0.2) is 4.79 Å². The van der Waals surface area contributed by atoms with Crippen LogP contribution in [0.2, 0.25) is 0 Å². The number of nitrogens with zero attached hydrogens (tertiary/aromatic N) is 1. The van der Waals surface area contributed by atoms with E-state index in [0.29, 0.717) is 19.7 Å². The quantitative estimate of drug-likeness (QED) is 0.845. The Bertz CT molecular complexity index is 519. The summed E-state index contributed by atoms with van der Waals surface area (Å²) in [5, 5.41) is 0. The molecule has 0 radical (unpaired) electrons. The van der Waals surface area contributed by atoms with Gasteiger partial charge in [0.15, 0.2) is 0 Å². The van der Waals surface area contributed by atoms with E-state index in [9.17, 15) is 9.35 Å². The summed E-state index contributed by atoms with van der Waals surface area (Å²) in [6, 6.07) is 9.86. The Kier molecular flexibility index (Phi) is 6.95. The van der Waals surface area contributed by atoms with Crippen molar-refractivity contribution >= 4 is 17.5 Å². The van der Waals surface area contributed by atoms with E-state index in [1.165, 1.54) is 0 Å². The summed E-state index contributed by atoms with van der Waals surface area (Å²) < 4.78 is 20.5. The molecule has 1 aromatic rings. The lowest BCUT2D eigenvalue weighted by molar-refractivity contribution is 0.0973. The van der Waals surface area contributed by atoms with Crippen molar-refractivity contribution in [1.29, 1.82) is 0 Å². The summed E-state index contributed by atoms with van der Waals surface area (Å²) in [6.45, 7) is 7.49. The monoisotopic (exact) mass is 352 g/mol. The van der Waals surface area contributed by atoms with Gasteiger partial charge in [0.1, 0.15) is 11.4 Å². The molecule has 1 aliphatic heterocycles. The number of likely N-dealkylation sites (tertiary alicyclic amines) is 1. The number of nitrogens with one attached hydrogen (secondary N) is 1. The molecule has 1 saturated heterocycles. The number of hydrogen-bond donors (Lipinski definition) is 1. The maximum absolute atomic E-state index is 12.2. The lowest BCUT2D eigenvalue weighted by Crippen LogP contribution is -2.45. The highest BCUT2D eigenvalue weighted by Crippen LogP contribution is 2.18. The van der Waals surface area contributed by atoms with Crippen LogP contribution in [0.4, 0.5) is 4.79 Å². The summed E-state index contributed by atoms with van der Waals surface area (Å²) in [4.78, 5) is 14.0. The maximum atomic E-state index is 12.2. The first-order chi connectivity index (χ1) is 11.4. The van der Waals surface area contributed by atoms with Crippen molar-refractivity contribution in [3.63, 3.8) is 0 Å². The van der Waals surface area contributed by atoms with Gasteiger partial charge in [-0.15, -0.1) is 4.72 Å². The Morgan fingerprint density at radius 1 is 1.29 bits per heavy atom. The smallest absolute Gasteiger partial charge is 0.410 e. The number of ether oxygens (including phenoxy) is 1. The van der Waals surface area contributed by atoms with Gasteiger partial charge < -0.3 is 14.2 Å². The molecule has 5 nitrogen and oxygen atoms in total. The van der Waals surface area contributed by atoms with Crippen molar-refractivity contribution in [2.45, 2.75) is 57.4 Å². The summed E-state index contributed by atoms with van der Waals surface area (Å²) >= 11 is -1.08. The third kappa shape index (κ3) is 6.00. The number of carbonyl (C=O) groups excluding carboxylic acids is 1. The van der Waals surface area contributed by atoms with E-state index in [1.807, 2.05) is 51.1 Å². The van der Waals surface area contributed by atoms with E-state index in [4.69, 9.17) is 4.74 Å². The first-order valence-corrected chi connectivity index (χ1v) is 9.65. The van der Waals surface area contributed by atoms with Crippen LogP contribution in [0.25, 0.3) is 0 Å². The van der Waals surface area contributed by atoms with E-state index in [2.05, 4.69) is 4.72 Å². The first kappa shape index (κ1) is 19.1. The standard InChI is InChI=1S/C18H28N2O3S/c1-18(2,3)24(22)19-16-10-7-12-20(13-11-16)17(21)23-14-15-8-5-4-6-9-15/h4-6,8-9,16,19H,7,10-14H2,1-3H3/t16-,24?/m1/s1. The molecule has 1 unspecified atom stereocenters. The molecule has 1 N–H and O–H groups in total. The van der Waals surface area contributed by atoms with Gasteiger partial charge in [-0.2, -0.15) is 0 Å². The molecule has 1 aliphatic rings. The van der Waals surface area contributed by atoms with Gasteiger partial charge in [0.05, 0.1) is 6.04 Å². The highest BCUT2D eigenvalue weighted by Gasteiger charge is 2.30. The van der Waals surface area contributed by atoms with Gasteiger partial charge >= 0.3 is 6.09 Å². The van der Waals surface area contributed by atoms with E-state index < -0.39 is 11.4 Å². The van der Waals surface area contributed by atoms with E-state index in [0.717, 1.165) is 24.8 Å². The average molecular weight is 353 g/mol. The lowest BCUT2D eigenvalue weighted by Gasteiger charge is -2.27. The molecule has 1 fully saturated rings. The van der Waals surface area contributed by atoms with Gasteiger partial charge in [0.25, 0.3) is 0 Å². The van der Waals surface area contributed by atoms with Crippen LogP contribution in [0.5, 0.6) is 0 Å². The molecule has 0 aromatic heterocycles. The zero-order valence-electron chi connectivity index (χ0n) is 14.8. The number of benzene rings is 1. The Balaban J connectivity index is 1.78. The molecule has 0 bridgehead atoms. The molecule has 2 rings (SSSR count). The van der Waals surface area contributed by atoms with Crippen molar-refractivity contribution in [3.8, 4) is 0 Å². The van der Waals surface area contributed by atoms with E-state index in [-0.39, 0.29) is 16.9 Å². The third-order valence-corrected chi connectivity index (χ3v) is 5.68. The van der Waals surface area contributed by atoms with Crippen LogP contribution >= 0.6 is 0 Å². The van der Waals surface area contributed by atoms with Crippen molar-refractivity contribution in [2.75, 3.05) is 13.1 Å². The van der Waals surface area contributed by atoms with Crippen molar-refractivity contribution in [1.82, 2.24) is 9.62 Å². The highest BCUT2D eigenvalue weighted by molar-refractivity contribution is 7.90. The Labute approximate surface area is 148 Å². The largest absolute Gasteiger partial charge is 0.598 e. The van der Waals surface area contributed by atoms with Crippen LogP contribution in [-0.4, -0.2) is 39.4 Å². The van der Waals surface area contributed by atoms with Crippen molar-refractivity contribution in [2.24, 2.45) is 0 Å². The van der Waals surface area contributed by atoms with E-state index >= 15 is 0 Å². The molecule has 1 heterocycles. The second-order valence-electron chi connectivity index (χ2n) is 7.15. The topological polar surface area (TPSA) is 64.6 Å². The van der Waals surface area contributed by atoms with Gasteiger partial charge in [-0.3, -0.25) is 0 Å². The normalized spacial score (nSPS) is 20.3. The fourth-order valence-corrected chi connectivity index (χ4v) is 3.43. The van der Waals surface area contributed by atoms with Crippen LogP contribution in [0.15, 0.2) is 30.3 Å². The van der Waals surface area contributed by atoms with Gasteiger partial charge in [0, 0.05) is 24.5 Å². The van der Waals surface area contributed by atoms with E-state index in [1.54, 1.807) is 4.90 Å². The predicted octanol–water partition coefficient (Wildman–Crippen LogP) is 3.23. The molecule has 2 atom stereocenters. The predicted molar refractivity (Wildman–Crippen MR) is 96.9 cm³/mol. The SMILES string of the molecule is CC(C)(C)[S+]([O-])N[C@@H]1CCCN(C(=O)OCc2ccccc2)CC1. The van der Waals surface area contributed by atoms with Gasteiger partial charge in [-0.05, 0) is 45.6 Å². The molecule has 1 aromatic carbocycles. The Morgan fingerprint density at radius 2 is 2.00 bits per heavy atom. The molecule has 24 heavy (non-hydrogen) atoms. The van der Waals surface area contributed by atoms with Crippen molar-refractivity contribution < 1.29 is 14.1 Å². The van der Waals surface area contributed by atoms with Crippen LogP contribution < -0.4 is 4.72 Å². The molecule has 0 aliphatic carbocycles. The fourth-order valence-electron chi connectivity index (χ4n) is 2.54. The molecule has 0 saturated carbocycles. The average Bonchev–Trinajstić information content (AvgIpc) is 2.78. The van der Waals surface area contributed by atoms with Crippen molar-refractivity contribution in [3.05, 3.63) is 35.9 Å². The second kappa shape index (κ2) is 8.74. The molecular formula is C18H28N2O3S. The van der Waals surface area contributed by atoms with Gasteiger partial charge in [0.2, 0.25) is 0 Å². The number of amides is 1. The molecule has 0 spiro atoms. The van der Waals surface area contributed by atoms with Crippen LogP contribution in [0.3, 0.4) is 0 Å². The lowest BCUT2D eigenvalue weighted by atomic mass is 10.1. The van der Waals surface area contributed by atoms with Crippen LogP contribution in [0, 0.1) is 0 Å². The molecule has 134 valence electrons. The molecular weight excluding hydrogens is 324 g/mol. The minimum Gasteiger partial charge on any atom is -0.598 e.